The number of halogens is 2. The number of fused-ring (bicyclic) bond motifs is 3. The first-order valence-corrected chi connectivity index (χ1v) is 12.5. The van der Waals surface area contributed by atoms with E-state index in [-0.39, 0.29) is 29.8 Å². The molecule has 11 heteroatoms. The molecular weight excluding hydrogens is 528 g/mol. The number of nitrogens with one attached hydrogen (secondary N) is 1. The van der Waals surface area contributed by atoms with Gasteiger partial charge in [0.15, 0.2) is 11.5 Å². The molecule has 3 heterocycles. The molecule has 6 rings (SSSR count). The molecule has 208 valence electrons. The van der Waals surface area contributed by atoms with Crippen LogP contribution in [-0.4, -0.2) is 39.0 Å². The lowest BCUT2D eigenvalue weighted by Gasteiger charge is -2.35. The zero-order chi connectivity index (χ0) is 28.2. The van der Waals surface area contributed by atoms with Crippen molar-refractivity contribution >= 4 is 11.9 Å². The molecule has 3 aliphatic rings. The van der Waals surface area contributed by atoms with Crippen molar-refractivity contribution in [2.75, 3.05) is 20.8 Å². The van der Waals surface area contributed by atoms with Crippen molar-refractivity contribution in [3.05, 3.63) is 76.9 Å². The number of alkyl halides is 2. The van der Waals surface area contributed by atoms with Crippen molar-refractivity contribution in [3.63, 3.8) is 0 Å². The highest BCUT2D eigenvalue weighted by molar-refractivity contribution is 5.91. The Morgan fingerprint density at radius 3 is 2.38 bits per heavy atom. The molecule has 1 N–H and O–H groups in total. The van der Waals surface area contributed by atoms with Crippen LogP contribution in [0, 0.1) is 0 Å². The van der Waals surface area contributed by atoms with Crippen LogP contribution < -0.4 is 29.0 Å². The van der Waals surface area contributed by atoms with Crippen LogP contribution in [0.15, 0.2) is 54.6 Å². The minimum absolute atomic E-state index is 0.00453. The lowest BCUT2D eigenvalue weighted by Crippen LogP contribution is -2.46. The maximum absolute atomic E-state index is 13.8. The Bertz CT molecular complexity index is 1510. The Balaban J connectivity index is 1.29. The van der Waals surface area contributed by atoms with Gasteiger partial charge in [-0.25, -0.2) is 4.79 Å². The summed E-state index contributed by atoms with van der Waals surface area (Å²) >= 11 is 0. The van der Waals surface area contributed by atoms with Gasteiger partial charge in [-0.3, -0.25) is 4.79 Å². The predicted octanol–water partition coefficient (Wildman–Crippen LogP) is 4.83. The van der Waals surface area contributed by atoms with Gasteiger partial charge in [0.1, 0.15) is 35.4 Å². The lowest BCUT2D eigenvalue weighted by atomic mass is 9.82. The molecular formula is C29H25F2NO8. The Hall–Kier alpha value is -4.54. The first kappa shape index (κ1) is 25.7. The highest BCUT2D eigenvalue weighted by Gasteiger charge is 2.49. The van der Waals surface area contributed by atoms with Crippen LogP contribution >= 0.6 is 0 Å². The third-order valence-electron chi connectivity index (χ3n) is 7.44. The molecule has 0 radical (unpaired) electrons. The van der Waals surface area contributed by atoms with E-state index in [0.717, 1.165) is 11.1 Å². The first-order valence-electron chi connectivity index (χ1n) is 12.5. The number of carbonyl (C=O) groups excluding carboxylic acids is 2. The Kier molecular flexibility index (Phi) is 5.97. The minimum atomic E-state index is -3.78. The molecule has 9 nitrogen and oxygen atoms in total. The largest absolute Gasteiger partial charge is 0.586 e. The van der Waals surface area contributed by atoms with Crippen molar-refractivity contribution in [1.82, 2.24) is 5.32 Å². The summed E-state index contributed by atoms with van der Waals surface area (Å²) in [6.45, 7) is 1.69. The summed E-state index contributed by atoms with van der Waals surface area (Å²) in [7, 11) is 2.86. The van der Waals surface area contributed by atoms with Gasteiger partial charge in [-0.1, -0.05) is 12.1 Å². The number of rotatable bonds is 5. The minimum Gasteiger partial charge on any atom is -0.497 e. The highest BCUT2D eigenvalue weighted by atomic mass is 19.3. The van der Waals surface area contributed by atoms with Crippen molar-refractivity contribution < 1.29 is 46.8 Å². The first-order chi connectivity index (χ1) is 19.1. The summed E-state index contributed by atoms with van der Waals surface area (Å²) in [6.07, 6.45) is -3.85. The summed E-state index contributed by atoms with van der Waals surface area (Å²) < 4.78 is 58.6. The van der Waals surface area contributed by atoms with E-state index in [2.05, 4.69) is 14.8 Å². The Labute approximate surface area is 227 Å². The number of hydrogen-bond acceptors (Lipinski definition) is 8. The SMILES string of the molecule is COC(=O)c1ccc([C@H]2C[C@@H](NC(=O)[C@@]3(C)COc4cc5c(cc43)OC(F)(F)O5)c3ccc(OC)cc3O2)cc1. The topological polar surface area (TPSA) is 102 Å². The quantitative estimate of drug-likeness (QED) is 0.449. The third-order valence-corrected chi connectivity index (χ3v) is 7.44. The second kappa shape index (κ2) is 9.29. The second-order valence-corrected chi connectivity index (χ2v) is 9.97. The Morgan fingerprint density at radius 2 is 1.68 bits per heavy atom. The van der Waals surface area contributed by atoms with Gasteiger partial charge in [-0.05, 0) is 42.8 Å². The predicted molar refractivity (Wildman–Crippen MR) is 135 cm³/mol. The van der Waals surface area contributed by atoms with Crippen molar-refractivity contribution in [2.45, 2.75) is 37.2 Å². The lowest BCUT2D eigenvalue weighted by molar-refractivity contribution is -0.286. The molecule has 0 aliphatic carbocycles. The number of hydrogen-bond donors (Lipinski definition) is 1. The molecule has 0 fully saturated rings. The Morgan fingerprint density at radius 1 is 0.950 bits per heavy atom. The van der Waals surface area contributed by atoms with Gasteiger partial charge in [-0.2, -0.15) is 0 Å². The smallest absolute Gasteiger partial charge is 0.497 e. The van der Waals surface area contributed by atoms with Gasteiger partial charge < -0.3 is 33.7 Å². The average molecular weight is 554 g/mol. The number of methoxy groups -OCH3 is 2. The number of benzene rings is 3. The monoisotopic (exact) mass is 553 g/mol. The van der Waals surface area contributed by atoms with Crippen LogP contribution in [0.3, 0.4) is 0 Å². The van der Waals surface area contributed by atoms with Gasteiger partial charge in [-0.15, -0.1) is 8.78 Å². The molecule has 40 heavy (non-hydrogen) atoms. The second-order valence-electron chi connectivity index (χ2n) is 9.97. The van der Waals surface area contributed by atoms with E-state index in [1.807, 2.05) is 6.07 Å². The fourth-order valence-corrected chi connectivity index (χ4v) is 5.20. The van der Waals surface area contributed by atoms with Gasteiger partial charge in [0, 0.05) is 29.7 Å². The number of ether oxygens (including phenoxy) is 6. The van der Waals surface area contributed by atoms with Gasteiger partial charge in [0.25, 0.3) is 0 Å². The van der Waals surface area contributed by atoms with Gasteiger partial charge in [0.05, 0.1) is 25.8 Å². The fourth-order valence-electron chi connectivity index (χ4n) is 5.20. The maximum atomic E-state index is 13.8. The van der Waals surface area contributed by atoms with Crippen LogP contribution in [0.2, 0.25) is 0 Å². The molecule has 0 spiro atoms. The van der Waals surface area contributed by atoms with Crippen molar-refractivity contribution in [3.8, 4) is 28.7 Å². The highest BCUT2D eigenvalue weighted by Crippen LogP contribution is 2.50. The maximum Gasteiger partial charge on any atom is 0.586 e. The summed E-state index contributed by atoms with van der Waals surface area (Å²) in [5.74, 6) is 0.285. The standard InChI is InChI=1S/C29H25F2NO8/c1-28(14-37-23-13-25-24(11-19(23)28)39-29(30,31)40-25)27(34)32-20-12-21(15-4-6-16(7-5-15)26(33)36-3)38-22-10-17(35-2)8-9-18(20)22/h4-11,13,20-21H,12,14H2,1-3H3,(H,32,34)/t20-,21-,28+/m1/s1. The van der Waals surface area contributed by atoms with E-state index in [1.165, 1.54) is 19.2 Å². The zero-order valence-corrected chi connectivity index (χ0v) is 21.8. The normalized spacial score (nSPS) is 23.2. The van der Waals surface area contributed by atoms with Gasteiger partial charge in [0.2, 0.25) is 5.91 Å². The molecule has 0 aromatic heterocycles. The number of carbonyl (C=O) groups is 2. The molecule has 3 aromatic carbocycles. The summed E-state index contributed by atoms with van der Waals surface area (Å²) in [6, 6.07) is 14.4. The summed E-state index contributed by atoms with van der Waals surface area (Å²) in [5.41, 5.74) is 1.19. The zero-order valence-electron chi connectivity index (χ0n) is 21.8. The van der Waals surface area contributed by atoms with E-state index in [4.69, 9.17) is 18.9 Å². The molecule has 3 aliphatic heterocycles. The molecule has 0 bridgehead atoms. The molecule has 0 unspecified atom stereocenters. The number of esters is 1. The number of amides is 1. The molecule has 1 amide bonds. The van der Waals surface area contributed by atoms with Crippen LogP contribution in [0.25, 0.3) is 0 Å². The van der Waals surface area contributed by atoms with E-state index in [1.54, 1.807) is 50.4 Å². The summed E-state index contributed by atoms with van der Waals surface area (Å²) in [5, 5.41) is 3.12. The third kappa shape index (κ3) is 4.31. The van der Waals surface area contributed by atoms with Gasteiger partial charge >= 0.3 is 12.3 Å². The van der Waals surface area contributed by atoms with Crippen LogP contribution in [0.5, 0.6) is 28.7 Å². The van der Waals surface area contributed by atoms with E-state index in [0.29, 0.717) is 29.0 Å². The van der Waals surface area contributed by atoms with E-state index in [9.17, 15) is 18.4 Å². The van der Waals surface area contributed by atoms with E-state index < -0.39 is 29.8 Å². The fraction of sp³-hybridized carbons (Fsp3) is 0.310. The van der Waals surface area contributed by atoms with Crippen LogP contribution in [0.1, 0.15) is 52.5 Å². The molecule has 0 saturated carbocycles. The molecule has 0 saturated heterocycles. The van der Waals surface area contributed by atoms with Crippen molar-refractivity contribution in [1.29, 1.82) is 0 Å². The van der Waals surface area contributed by atoms with Crippen LogP contribution in [0.4, 0.5) is 8.78 Å². The van der Waals surface area contributed by atoms with E-state index >= 15 is 0 Å². The average Bonchev–Trinajstić information content (AvgIpc) is 3.45. The van der Waals surface area contributed by atoms with Crippen molar-refractivity contribution in [2.24, 2.45) is 0 Å². The molecule has 3 atom stereocenters. The van der Waals surface area contributed by atoms with Crippen LogP contribution in [-0.2, 0) is 14.9 Å². The summed E-state index contributed by atoms with van der Waals surface area (Å²) in [4.78, 5) is 25.7. The molecule has 3 aromatic rings.